The van der Waals surface area contributed by atoms with Crippen LogP contribution in [0.5, 0.6) is 0 Å². The highest BCUT2D eigenvalue weighted by Crippen LogP contribution is 2.24. The van der Waals surface area contributed by atoms with Gasteiger partial charge < -0.3 is 5.32 Å². The predicted octanol–water partition coefficient (Wildman–Crippen LogP) is 2.56. The summed E-state index contributed by atoms with van der Waals surface area (Å²) in [5.41, 5.74) is 0.366. The molecule has 0 amide bonds. The van der Waals surface area contributed by atoms with Gasteiger partial charge in [-0.2, -0.15) is 4.31 Å². The molecule has 1 aliphatic rings. The van der Waals surface area contributed by atoms with E-state index in [2.05, 4.69) is 22.4 Å². The third-order valence-corrected chi connectivity index (χ3v) is 7.15. The van der Waals surface area contributed by atoms with Crippen LogP contribution in [0.25, 0.3) is 0 Å². The minimum absolute atomic E-state index is 0.0410. The smallest absolute Gasteiger partial charge is 0.243 e. The van der Waals surface area contributed by atoms with E-state index < -0.39 is 10.0 Å². The number of sulfonamides is 1. The van der Waals surface area contributed by atoms with Gasteiger partial charge in [0.25, 0.3) is 0 Å². The minimum atomic E-state index is -3.56. The zero-order valence-corrected chi connectivity index (χ0v) is 16.4. The van der Waals surface area contributed by atoms with E-state index in [-0.39, 0.29) is 17.2 Å². The normalized spacial score (nSPS) is 16.5. The lowest BCUT2D eigenvalue weighted by atomic mass is 10.0. The first-order valence-electron chi connectivity index (χ1n) is 8.53. The number of carbonyl (C=O) groups is 1. The van der Waals surface area contributed by atoms with Gasteiger partial charge in [-0.25, -0.2) is 8.42 Å². The Morgan fingerprint density at radius 2 is 2.04 bits per heavy atom. The van der Waals surface area contributed by atoms with Crippen LogP contribution in [0.1, 0.15) is 35.1 Å². The molecule has 1 fully saturated rings. The molecule has 0 bridgehead atoms. The third kappa shape index (κ3) is 4.28. The number of Topliss-reactive ketones (excluding diaryl/α,β-unsaturated/α-hetero) is 1. The third-order valence-electron chi connectivity index (χ3n) is 4.46. The molecule has 140 valence electrons. The van der Waals surface area contributed by atoms with Crippen molar-refractivity contribution >= 4 is 32.3 Å². The molecule has 0 spiro atoms. The van der Waals surface area contributed by atoms with Crippen LogP contribution in [0.15, 0.2) is 29.2 Å². The molecule has 0 atom stereocenters. The zero-order chi connectivity index (χ0) is 18.7. The number of benzene rings is 1. The Morgan fingerprint density at radius 1 is 1.31 bits per heavy atom. The summed E-state index contributed by atoms with van der Waals surface area (Å²) >= 11 is 1.36. The summed E-state index contributed by atoms with van der Waals surface area (Å²) in [4.78, 5) is 12.6. The van der Waals surface area contributed by atoms with Gasteiger partial charge in [-0.3, -0.25) is 4.79 Å². The summed E-state index contributed by atoms with van der Waals surface area (Å²) in [6.45, 7) is 5.06. The fraction of sp³-hybridized carbons (Fsp3) is 0.471. The van der Waals surface area contributed by atoms with Crippen molar-refractivity contribution in [1.29, 1.82) is 0 Å². The van der Waals surface area contributed by atoms with Crippen LogP contribution >= 0.6 is 11.3 Å². The molecule has 0 aliphatic carbocycles. The largest absolute Gasteiger partial charge is 0.353 e. The maximum atomic E-state index is 12.8. The number of carbonyl (C=O) groups excluding carboxylic acids is 1. The molecule has 3 rings (SSSR count). The first-order valence-corrected chi connectivity index (χ1v) is 10.8. The van der Waals surface area contributed by atoms with Gasteiger partial charge in [-0.15, -0.1) is 10.2 Å². The minimum Gasteiger partial charge on any atom is -0.353 e. The van der Waals surface area contributed by atoms with Crippen LogP contribution < -0.4 is 5.32 Å². The number of piperidine rings is 1. The molecule has 7 nitrogen and oxygen atoms in total. The van der Waals surface area contributed by atoms with Crippen LogP contribution in [-0.4, -0.2) is 48.3 Å². The lowest BCUT2D eigenvalue weighted by Crippen LogP contribution is -2.37. The number of ketones is 1. The van der Waals surface area contributed by atoms with E-state index in [0.29, 0.717) is 29.7 Å². The number of nitrogens with zero attached hydrogens (tertiary/aromatic N) is 3. The number of hydrogen-bond donors (Lipinski definition) is 1. The van der Waals surface area contributed by atoms with Crippen molar-refractivity contribution in [2.45, 2.75) is 31.6 Å². The van der Waals surface area contributed by atoms with Gasteiger partial charge >= 0.3 is 0 Å². The highest BCUT2D eigenvalue weighted by atomic mass is 32.2. The van der Waals surface area contributed by atoms with Crippen LogP contribution in [0.3, 0.4) is 0 Å². The molecule has 2 heterocycles. The highest BCUT2D eigenvalue weighted by Gasteiger charge is 2.28. The summed E-state index contributed by atoms with van der Waals surface area (Å²) in [7, 11) is -3.56. The fourth-order valence-electron chi connectivity index (χ4n) is 2.83. The second kappa shape index (κ2) is 7.81. The van der Waals surface area contributed by atoms with E-state index in [9.17, 15) is 13.2 Å². The van der Waals surface area contributed by atoms with Gasteiger partial charge in [-0.05, 0) is 37.8 Å². The number of nitrogens with one attached hydrogen (secondary N) is 1. The monoisotopic (exact) mass is 394 g/mol. The molecule has 1 aliphatic heterocycles. The maximum absolute atomic E-state index is 12.8. The summed E-state index contributed by atoms with van der Waals surface area (Å²) < 4.78 is 27.2. The molecule has 1 N–H and O–H groups in total. The van der Waals surface area contributed by atoms with Gasteiger partial charge in [-0.1, -0.05) is 30.4 Å². The Balaban J connectivity index is 1.71. The lowest BCUT2D eigenvalue weighted by molar-refractivity contribution is 0.101. The molecule has 1 aromatic carbocycles. The number of aromatic nitrogens is 2. The quantitative estimate of drug-likeness (QED) is 0.757. The Morgan fingerprint density at radius 3 is 2.69 bits per heavy atom. The van der Waals surface area contributed by atoms with E-state index >= 15 is 0 Å². The Labute approximate surface area is 157 Å². The van der Waals surface area contributed by atoms with Crippen LogP contribution in [-0.2, 0) is 10.0 Å². The second-order valence-corrected chi connectivity index (χ2v) is 9.64. The Bertz CT molecular complexity index is 887. The van der Waals surface area contributed by atoms with Crippen molar-refractivity contribution in [1.82, 2.24) is 14.5 Å². The number of aryl methyl sites for hydroxylation is 1. The second-order valence-electron chi connectivity index (χ2n) is 6.52. The maximum Gasteiger partial charge on any atom is 0.243 e. The van der Waals surface area contributed by atoms with Crippen molar-refractivity contribution < 1.29 is 13.2 Å². The first-order chi connectivity index (χ1) is 12.4. The SMILES string of the molecule is Cc1nnc(NCC(=O)c2cccc(S(=O)(=O)N3CCC(C)CC3)c2)s1. The fourth-order valence-corrected chi connectivity index (χ4v) is 4.93. The molecule has 2 aromatic rings. The Hall–Kier alpha value is -1.84. The van der Waals surface area contributed by atoms with Crippen molar-refractivity contribution in [3.05, 3.63) is 34.8 Å². The Kier molecular flexibility index (Phi) is 5.69. The molecule has 0 saturated carbocycles. The van der Waals surface area contributed by atoms with E-state index in [0.717, 1.165) is 17.8 Å². The van der Waals surface area contributed by atoms with Gasteiger partial charge in [0.05, 0.1) is 11.4 Å². The van der Waals surface area contributed by atoms with E-state index in [1.54, 1.807) is 18.2 Å². The molecule has 1 aromatic heterocycles. The van der Waals surface area contributed by atoms with Crippen molar-refractivity contribution in [2.75, 3.05) is 25.0 Å². The zero-order valence-electron chi connectivity index (χ0n) is 14.8. The summed E-state index contributed by atoms with van der Waals surface area (Å²) in [6, 6.07) is 6.25. The summed E-state index contributed by atoms with van der Waals surface area (Å²) in [5, 5.41) is 12.1. The summed E-state index contributed by atoms with van der Waals surface area (Å²) in [6.07, 6.45) is 1.73. The van der Waals surface area contributed by atoms with Crippen molar-refractivity contribution in [2.24, 2.45) is 5.92 Å². The van der Waals surface area contributed by atoms with Gasteiger partial charge in [0.15, 0.2) is 5.78 Å². The van der Waals surface area contributed by atoms with Crippen LogP contribution in [0.2, 0.25) is 0 Å². The molecule has 26 heavy (non-hydrogen) atoms. The molecule has 0 unspecified atom stereocenters. The molecule has 9 heteroatoms. The van der Waals surface area contributed by atoms with Gasteiger partial charge in [0, 0.05) is 18.7 Å². The molecule has 1 saturated heterocycles. The summed E-state index contributed by atoms with van der Waals surface area (Å²) in [5.74, 6) is 0.353. The van der Waals surface area contributed by atoms with Gasteiger partial charge in [0.2, 0.25) is 15.2 Å². The van der Waals surface area contributed by atoms with E-state index in [1.807, 2.05) is 6.92 Å². The van der Waals surface area contributed by atoms with Crippen molar-refractivity contribution in [3.63, 3.8) is 0 Å². The molecular weight excluding hydrogens is 372 g/mol. The number of hydrogen-bond acceptors (Lipinski definition) is 7. The van der Waals surface area contributed by atoms with Crippen LogP contribution in [0.4, 0.5) is 5.13 Å². The standard InChI is InChI=1S/C17H22N4O3S2/c1-12-6-8-21(9-7-12)26(23,24)15-5-3-4-14(10-15)16(22)11-18-17-20-19-13(2)25-17/h3-5,10,12H,6-9,11H2,1-2H3,(H,18,20). The van der Waals surface area contributed by atoms with Crippen molar-refractivity contribution in [3.8, 4) is 0 Å². The topological polar surface area (TPSA) is 92.3 Å². The number of rotatable bonds is 6. The predicted molar refractivity (Wildman–Crippen MR) is 101 cm³/mol. The number of anilines is 1. The highest BCUT2D eigenvalue weighted by molar-refractivity contribution is 7.89. The lowest BCUT2D eigenvalue weighted by Gasteiger charge is -2.29. The average Bonchev–Trinajstić information content (AvgIpc) is 3.05. The van der Waals surface area contributed by atoms with E-state index in [4.69, 9.17) is 0 Å². The first kappa shape index (κ1) is 18.9. The van der Waals surface area contributed by atoms with Crippen LogP contribution in [0, 0.1) is 12.8 Å². The molecular formula is C17H22N4O3S2. The average molecular weight is 395 g/mol. The van der Waals surface area contributed by atoms with E-state index in [1.165, 1.54) is 21.7 Å². The molecule has 0 radical (unpaired) electrons. The van der Waals surface area contributed by atoms with Gasteiger partial charge in [0.1, 0.15) is 5.01 Å².